The predicted molar refractivity (Wildman–Crippen MR) is 142 cm³/mol. The zero-order chi connectivity index (χ0) is 23.7. The van der Waals surface area contributed by atoms with Gasteiger partial charge in [-0.2, -0.15) is 5.10 Å². The summed E-state index contributed by atoms with van der Waals surface area (Å²) in [5, 5.41) is 10.9. The molecule has 2 aromatic heterocycles. The van der Waals surface area contributed by atoms with Gasteiger partial charge in [0.25, 0.3) is 5.91 Å². The number of benzene rings is 3. The van der Waals surface area contributed by atoms with Gasteiger partial charge in [-0.1, -0.05) is 43.3 Å². The number of thiophene rings is 1. The highest BCUT2D eigenvalue weighted by atomic mass is 32.1. The van der Waals surface area contributed by atoms with Crippen LogP contribution in [0.15, 0.2) is 78.2 Å². The van der Waals surface area contributed by atoms with E-state index in [1.807, 2.05) is 71.6 Å². The third-order valence-corrected chi connectivity index (χ3v) is 6.98. The summed E-state index contributed by atoms with van der Waals surface area (Å²) in [6.07, 6.45) is 0.991. The van der Waals surface area contributed by atoms with Gasteiger partial charge in [-0.05, 0) is 71.8 Å². The lowest BCUT2D eigenvalue weighted by molar-refractivity contribution is 0.102. The van der Waals surface area contributed by atoms with Crippen molar-refractivity contribution in [1.82, 2.24) is 9.78 Å². The summed E-state index contributed by atoms with van der Waals surface area (Å²) in [5.74, 6) is -0.186. The van der Waals surface area contributed by atoms with Crippen LogP contribution in [0.4, 0.5) is 11.4 Å². The Labute approximate surface area is 202 Å². The van der Waals surface area contributed by atoms with Crippen LogP contribution in [-0.2, 0) is 13.0 Å². The minimum Gasteiger partial charge on any atom is -0.397 e. The van der Waals surface area contributed by atoms with E-state index in [2.05, 4.69) is 30.4 Å². The molecular formula is C28H26N4OS. The SMILES string of the molecule is CCc1ccc2c(C)nn(Cc3ccc(C(=O)Nc4cc(-c5cccs5)ccc4N)cc3)c2c1. The Hall–Kier alpha value is -3.90. The molecule has 0 aliphatic heterocycles. The van der Waals surface area contributed by atoms with Gasteiger partial charge >= 0.3 is 0 Å². The number of nitrogen functional groups attached to an aromatic ring is 1. The normalized spacial score (nSPS) is 11.1. The minimum atomic E-state index is -0.186. The molecule has 5 rings (SSSR count). The highest BCUT2D eigenvalue weighted by molar-refractivity contribution is 7.13. The highest BCUT2D eigenvalue weighted by Crippen LogP contribution is 2.30. The molecule has 170 valence electrons. The largest absolute Gasteiger partial charge is 0.397 e. The monoisotopic (exact) mass is 466 g/mol. The fourth-order valence-electron chi connectivity index (χ4n) is 4.12. The number of nitrogens with two attached hydrogens (primary N) is 1. The zero-order valence-corrected chi connectivity index (χ0v) is 20.0. The van der Waals surface area contributed by atoms with Crippen molar-refractivity contribution >= 4 is 39.5 Å². The Morgan fingerprint density at radius 2 is 1.82 bits per heavy atom. The Kier molecular flexibility index (Phi) is 5.90. The van der Waals surface area contributed by atoms with Crippen molar-refractivity contribution in [3.8, 4) is 10.4 Å². The predicted octanol–water partition coefficient (Wildman–Crippen LogP) is 6.52. The van der Waals surface area contributed by atoms with Crippen LogP contribution in [0.3, 0.4) is 0 Å². The van der Waals surface area contributed by atoms with Crippen LogP contribution in [0.5, 0.6) is 0 Å². The second-order valence-electron chi connectivity index (χ2n) is 8.38. The molecule has 5 aromatic rings. The number of anilines is 2. The molecule has 0 atom stereocenters. The number of amides is 1. The summed E-state index contributed by atoms with van der Waals surface area (Å²) in [6, 6.07) is 24.0. The van der Waals surface area contributed by atoms with Gasteiger partial charge in [-0.15, -0.1) is 11.3 Å². The number of carbonyl (C=O) groups excluding carboxylic acids is 1. The van der Waals surface area contributed by atoms with E-state index in [0.717, 1.165) is 33.6 Å². The van der Waals surface area contributed by atoms with Crippen molar-refractivity contribution in [3.05, 3.63) is 101 Å². The molecular weight excluding hydrogens is 440 g/mol. The molecule has 2 heterocycles. The molecule has 0 unspecified atom stereocenters. The molecule has 6 heteroatoms. The molecule has 0 spiro atoms. The van der Waals surface area contributed by atoms with E-state index >= 15 is 0 Å². The molecule has 5 nitrogen and oxygen atoms in total. The summed E-state index contributed by atoms with van der Waals surface area (Å²) in [4.78, 5) is 14.0. The number of aromatic nitrogens is 2. The maximum atomic E-state index is 12.9. The number of fused-ring (bicyclic) bond motifs is 1. The molecule has 0 fully saturated rings. The van der Waals surface area contributed by atoms with Gasteiger partial charge in [0.1, 0.15) is 0 Å². The number of rotatable bonds is 6. The lowest BCUT2D eigenvalue weighted by Crippen LogP contribution is -2.13. The molecule has 0 bridgehead atoms. The number of carbonyl (C=O) groups is 1. The van der Waals surface area contributed by atoms with Crippen molar-refractivity contribution in [3.63, 3.8) is 0 Å². The van der Waals surface area contributed by atoms with Crippen LogP contribution in [0.25, 0.3) is 21.3 Å². The quantitative estimate of drug-likeness (QED) is 0.280. The minimum absolute atomic E-state index is 0.186. The van der Waals surface area contributed by atoms with E-state index in [0.29, 0.717) is 23.5 Å². The van der Waals surface area contributed by atoms with Gasteiger partial charge in [-0.3, -0.25) is 9.48 Å². The maximum Gasteiger partial charge on any atom is 0.255 e. The zero-order valence-electron chi connectivity index (χ0n) is 19.2. The first kappa shape index (κ1) is 21.9. The van der Waals surface area contributed by atoms with Crippen molar-refractivity contribution < 1.29 is 4.79 Å². The molecule has 0 saturated heterocycles. The third kappa shape index (κ3) is 4.32. The summed E-state index contributed by atoms with van der Waals surface area (Å²) >= 11 is 1.65. The molecule has 0 aliphatic carbocycles. The molecule has 34 heavy (non-hydrogen) atoms. The third-order valence-electron chi connectivity index (χ3n) is 6.06. The summed E-state index contributed by atoms with van der Waals surface area (Å²) in [6.45, 7) is 4.84. The Balaban J connectivity index is 1.34. The van der Waals surface area contributed by atoms with E-state index < -0.39 is 0 Å². The Bertz CT molecular complexity index is 1470. The number of hydrogen-bond donors (Lipinski definition) is 2. The summed E-state index contributed by atoms with van der Waals surface area (Å²) in [5.41, 5.74) is 13.4. The van der Waals surface area contributed by atoms with E-state index in [1.54, 1.807) is 11.3 Å². The maximum absolute atomic E-state index is 12.9. The van der Waals surface area contributed by atoms with Gasteiger partial charge < -0.3 is 11.1 Å². The van der Waals surface area contributed by atoms with E-state index in [9.17, 15) is 4.79 Å². The van der Waals surface area contributed by atoms with Gasteiger partial charge in [0.2, 0.25) is 0 Å². The van der Waals surface area contributed by atoms with E-state index in [4.69, 9.17) is 10.8 Å². The van der Waals surface area contributed by atoms with Crippen molar-refractivity contribution in [1.29, 1.82) is 0 Å². The lowest BCUT2D eigenvalue weighted by Gasteiger charge is -2.11. The second kappa shape index (κ2) is 9.15. The fourth-order valence-corrected chi connectivity index (χ4v) is 4.84. The Morgan fingerprint density at radius 1 is 1.03 bits per heavy atom. The van der Waals surface area contributed by atoms with Crippen LogP contribution >= 0.6 is 11.3 Å². The van der Waals surface area contributed by atoms with Crippen molar-refractivity contribution in [2.24, 2.45) is 0 Å². The highest BCUT2D eigenvalue weighted by Gasteiger charge is 2.12. The first-order chi connectivity index (χ1) is 16.5. The second-order valence-corrected chi connectivity index (χ2v) is 9.33. The van der Waals surface area contributed by atoms with E-state index in [-0.39, 0.29) is 5.91 Å². The van der Waals surface area contributed by atoms with Gasteiger partial charge in [0.15, 0.2) is 0 Å². The topological polar surface area (TPSA) is 72.9 Å². The number of nitrogens with zero attached hydrogens (tertiary/aromatic N) is 2. The van der Waals surface area contributed by atoms with Crippen LogP contribution < -0.4 is 11.1 Å². The number of hydrogen-bond acceptors (Lipinski definition) is 4. The molecule has 0 aliphatic rings. The van der Waals surface area contributed by atoms with E-state index in [1.165, 1.54) is 10.9 Å². The number of nitrogens with one attached hydrogen (secondary N) is 1. The molecule has 3 aromatic carbocycles. The molecule has 1 amide bonds. The van der Waals surface area contributed by atoms with Crippen molar-refractivity contribution in [2.75, 3.05) is 11.1 Å². The molecule has 0 radical (unpaired) electrons. The smallest absolute Gasteiger partial charge is 0.255 e. The molecule has 0 saturated carbocycles. The van der Waals surface area contributed by atoms with Crippen LogP contribution in [0, 0.1) is 6.92 Å². The average molecular weight is 467 g/mol. The summed E-state index contributed by atoms with van der Waals surface area (Å²) < 4.78 is 2.04. The van der Waals surface area contributed by atoms with Crippen LogP contribution in [0.1, 0.15) is 34.1 Å². The van der Waals surface area contributed by atoms with Crippen molar-refractivity contribution in [2.45, 2.75) is 26.8 Å². The lowest BCUT2D eigenvalue weighted by atomic mass is 10.1. The molecule has 3 N–H and O–H groups in total. The van der Waals surface area contributed by atoms with Gasteiger partial charge in [0, 0.05) is 15.8 Å². The Morgan fingerprint density at radius 3 is 2.56 bits per heavy atom. The summed E-state index contributed by atoms with van der Waals surface area (Å²) in [7, 11) is 0. The number of aryl methyl sites for hydroxylation is 2. The first-order valence-electron chi connectivity index (χ1n) is 11.3. The van der Waals surface area contributed by atoms with Gasteiger partial charge in [0.05, 0.1) is 29.1 Å². The first-order valence-corrected chi connectivity index (χ1v) is 12.2. The van der Waals surface area contributed by atoms with Crippen LogP contribution in [-0.4, -0.2) is 15.7 Å². The van der Waals surface area contributed by atoms with Crippen LogP contribution in [0.2, 0.25) is 0 Å². The average Bonchev–Trinajstić information content (AvgIpc) is 3.49. The standard InChI is InChI=1S/C28H26N4OS/c1-3-19-8-12-23-18(2)31-32(26(23)15-19)17-20-6-9-21(10-7-20)28(33)30-25-16-22(11-13-24(25)29)27-5-4-14-34-27/h4-16H,3,17,29H2,1-2H3,(H,30,33). The van der Waals surface area contributed by atoms with Gasteiger partial charge in [-0.25, -0.2) is 0 Å². The fraction of sp³-hybridized carbons (Fsp3) is 0.143.